The second-order valence-corrected chi connectivity index (χ2v) is 7.72. The average Bonchev–Trinajstić information content (AvgIpc) is 3.24. The third-order valence-electron chi connectivity index (χ3n) is 4.83. The van der Waals surface area contributed by atoms with Crippen LogP contribution < -0.4 is 10.3 Å². The summed E-state index contributed by atoms with van der Waals surface area (Å²) in [4.78, 5) is 34.1. The minimum absolute atomic E-state index is 0.0399. The number of nitrogens with zero attached hydrogens (tertiary/aromatic N) is 3. The van der Waals surface area contributed by atoms with Crippen LogP contribution in [0.3, 0.4) is 0 Å². The van der Waals surface area contributed by atoms with Crippen LogP contribution in [0.2, 0.25) is 0 Å². The number of aromatic nitrogens is 2. The van der Waals surface area contributed by atoms with Crippen LogP contribution in [0.25, 0.3) is 10.7 Å². The van der Waals surface area contributed by atoms with Gasteiger partial charge in [0.25, 0.3) is 5.56 Å². The van der Waals surface area contributed by atoms with Gasteiger partial charge in [-0.05, 0) is 30.0 Å². The second-order valence-electron chi connectivity index (χ2n) is 6.77. The number of rotatable bonds is 6. The summed E-state index contributed by atoms with van der Waals surface area (Å²) in [5, 5.41) is 13.3. The summed E-state index contributed by atoms with van der Waals surface area (Å²) in [6.07, 6.45) is 0.663. The Bertz CT molecular complexity index is 1090. The number of ether oxygens (including phenoxy) is 1. The molecule has 0 bridgehead atoms. The lowest BCUT2D eigenvalue weighted by molar-refractivity contribution is -0.385. The van der Waals surface area contributed by atoms with Gasteiger partial charge >= 0.3 is 5.69 Å². The van der Waals surface area contributed by atoms with E-state index in [9.17, 15) is 14.9 Å². The molecule has 0 radical (unpaired) electrons. The lowest BCUT2D eigenvalue weighted by Gasteiger charge is -2.27. The molecule has 0 saturated carbocycles. The number of benzene rings is 1. The summed E-state index contributed by atoms with van der Waals surface area (Å²) in [6.45, 7) is 3.86. The molecule has 2 aromatic heterocycles. The highest BCUT2D eigenvalue weighted by Gasteiger charge is 2.23. The fourth-order valence-electron chi connectivity index (χ4n) is 3.49. The minimum atomic E-state index is -0.430. The van der Waals surface area contributed by atoms with Crippen molar-refractivity contribution in [2.75, 3.05) is 13.2 Å². The highest BCUT2D eigenvalue weighted by atomic mass is 32.1. The summed E-state index contributed by atoms with van der Waals surface area (Å²) < 4.78 is 5.34. The minimum Gasteiger partial charge on any atom is -0.487 e. The van der Waals surface area contributed by atoms with Crippen molar-refractivity contribution in [1.82, 2.24) is 14.9 Å². The van der Waals surface area contributed by atoms with E-state index in [2.05, 4.69) is 14.9 Å². The van der Waals surface area contributed by atoms with Crippen molar-refractivity contribution >= 4 is 17.0 Å². The molecule has 0 spiro atoms. The van der Waals surface area contributed by atoms with Gasteiger partial charge in [-0.3, -0.25) is 19.8 Å². The van der Waals surface area contributed by atoms with Crippen molar-refractivity contribution in [3.63, 3.8) is 0 Å². The van der Waals surface area contributed by atoms with Crippen molar-refractivity contribution in [2.45, 2.75) is 26.4 Å². The molecule has 8 nitrogen and oxygen atoms in total. The van der Waals surface area contributed by atoms with E-state index < -0.39 is 4.92 Å². The SMILES string of the molecule is CCOc1ccc(CN2CCc3nc(-c4cccs4)[nH]c(=O)c3C2)cc1[N+](=O)[O-]. The average molecular weight is 412 g/mol. The van der Waals surface area contributed by atoms with Crippen molar-refractivity contribution in [2.24, 2.45) is 0 Å². The van der Waals surface area contributed by atoms with Gasteiger partial charge in [0.1, 0.15) is 0 Å². The number of fused-ring (bicyclic) bond motifs is 1. The maximum Gasteiger partial charge on any atom is 0.311 e. The number of nitro benzene ring substituents is 1. The summed E-state index contributed by atoms with van der Waals surface area (Å²) in [5.74, 6) is 0.881. The topological polar surface area (TPSA) is 101 Å². The van der Waals surface area contributed by atoms with E-state index in [1.807, 2.05) is 23.6 Å². The first kappa shape index (κ1) is 19.3. The standard InChI is InChI=1S/C20H20N4O4S/c1-2-28-17-6-5-13(10-16(17)24(26)27)11-23-8-7-15-14(12-23)20(25)22-19(21-15)18-4-3-9-29-18/h3-6,9-10H,2,7-8,11-12H2,1H3,(H,21,22,25). The highest BCUT2D eigenvalue weighted by Crippen LogP contribution is 2.29. The maximum atomic E-state index is 12.6. The molecule has 0 atom stereocenters. The van der Waals surface area contributed by atoms with Crippen molar-refractivity contribution in [3.8, 4) is 16.5 Å². The molecule has 0 saturated heterocycles. The smallest absolute Gasteiger partial charge is 0.311 e. The number of thiophene rings is 1. The van der Waals surface area contributed by atoms with Crippen LogP contribution in [0.15, 0.2) is 40.5 Å². The van der Waals surface area contributed by atoms with Gasteiger partial charge < -0.3 is 9.72 Å². The van der Waals surface area contributed by atoms with Gasteiger partial charge in [-0.25, -0.2) is 4.98 Å². The van der Waals surface area contributed by atoms with Crippen LogP contribution in [-0.4, -0.2) is 32.9 Å². The van der Waals surface area contributed by atoms with Crippen LogP contribution in [0.5, 0.6) is 5.75 Å². The normalized spacial score (nSPS) is 13.8. The summed E-state index contributed by atoms with van der Waals surface area (Å²) >= 11 is 1.54. The van der Waals surface area contributed by atoms with Crippen molar-refractivity contribution in [3.05, 3.63) is 73.0 Å². The van der Waals surface area contributed by atoms with Gasteiger partial charge in [0.15, 0.2) is 11.6 Å². The van der Waals surface area contributed by atoms with Gasteiger partial charge in [0, 0.05) is 32.1 Å². The number of nitrogens with one attached hydrogen (secondary N) is 1. The lowest BCUT2D eigenvalue weighted by Crippen LogP contribution is -2.35. The predicted molar refractivity (Wildman–Crippen MR) is 110 cm³/mol. The predicted octanol–water partition coefficient (Wildman–Crippen LogP) is 3.36. The number of H-pyrrole nitrogens is 1. The molecule has 0 fully saturated rings. The molecule has 4 rings (SSSR count). The van der Waals surface area contributed by atoms with Gasteiger partial charge in [-0.2, -0.15) is 0 Å². The molecule has 0 aliphatic carbocycles. The Balaban J connectivity index is 1.54. The zero-order valence-corrected chi connectivity index (χ0v) is 16.7. The first-order valence-corrected chi connectivity index (χ1v) is 10.2. The largest absolute Gasteiger partial charge is 0.487 e. The Morgan fingerprint density at radius 1 is 1.38 bits per heavy atom. The molecule has 1 aliphatic rings. The van der Waals surface area contributed by atoms with E-state index in [0.29, 0.717) is 37.5 Å². The van der Waals surface area contributed by atoms with E-state index >= 15 is 0 Å². The van der Waals surface area contributed by atoms with Gasteiger partial charge in [0.05, 0.1) is 27.7 Å². The number of aromatic amines is 1. The van der Waals surface area contributed by atoms with Crippen LogP contribution in [0, 0.1) is 10.1 Å². The van der Waals surface area contributed by atoms with E-state index in [1.54, 1.807) is 19.1 Å². The van der Waals surface area contributed by atoms with E-state index in [4.69, 9.17) is 4.74 Å². The molecule has 0 unspecified atom stereocenters. The van der Waals surface area contributed by atoms with Gasteiger partial charge in [-0.1, -0.05) is 12.1 Å². The van der Waals surface area contributed by atoms with E-state index in [0.717, 1.165) is 22.7 Å². The number of hydrogen-bond acceptors (Lipinski definition) is 7. The molecule has 29 heavy (non-hydrogen) atoms. The van der Waals surface area contributed by atoms with Gasteiger partial charge in [-0.15, -0.1) is 11.3 Å². The summed E-state index contributed by atoms with van der Waals surface area (Å²) in [6, 6.07) is 8.87. The molecule has 9 heteroatoms. The van der Waals surface area contributed by atoms with Crippen molar-refractivity contribution < 1.29 is 9.66 Å². The molecular formula is C20H20N4O4S. The molecule has 0 amide bonds. The van der Waals surface area contributed by atoms with Gasteiger partial charge in [0.2, 0.25) is 0 Å². The Labute approximate surface area is 170 Å². The van der Waals surface area contributed by atoms with Crippen LogP contribution in [0.4, 0.5) is 5.69 Å². The first-order chi connectivity index (χ1) is 14.0. The third-order valence-corrected chi connectivity index (χ3v) is 5.70. The number of nitro groups is 1. The Morgan fingerprint density at radius 2 is 2.24 bits per heavy atom. The second kappa shape index (κ2) is 8.14. The van der Waals surface area contributed by atoms with Crippen LogP contribution in [-0.2, 0) is 19.5 Å². The molecular weight excluding hydrogens is 392 g/mol. The Morgan fingerprint density at radius 3 is 2.97 bits per heavy atom. The molecule has 1 aliphatic heterocycles. The summed E-state index contributed by atoms with van der Waals surface area (Å²) in [7, 11) is 0. The fraction of sp³-hybridized carbons (Fsp3) is 0.300. The molecule has 3 heterocycles. The first-order valence-electron chi connectivity index (χ1n) is 9.33. The monoisotopic (exact) mass is 412 g/mol. The quantitative estimate of drug-likeness (QED) is 0.492. The molecule has 150 valence electrons. The Kier molecular flexibility index (Phi) is 5.41. The zero-order valence-electron chi connectivity index (χ0n) is 15.9. The third kappa shape index (κ3) is 4.06. The van der Waals surface area contributed by atoms with Crippen molar-refractivity contribution in [1.29, 1.82) is 0 Å². The zero-order chi connectivity index (χ0) is 20.4. The fourth-order valence-corrected chi connectivity index (χ4v) is 4.15. The summed E-state index contributed by atoms with van der Waals surface area (Å²) in [5.41, 5.74) is 2.13. The van der Waals surface area contributed by atoms with Crippen LogP contribution >= 0.6 is 11.3 Å². The lowest BCUT2D eigenvalue weighted by atomic mass is 10.1. The number of hydrogen-bond donors (Lipinski definition) is 1. The molecule has 1 aromatic carbocycles. The maximum absolute atomic E-state index is 12.6. The Hall–Kier alpha value is -3.04. The van der Waals surface area contributed by atoms with Crippen LogP contribution in [0.1, 0.15) is 23.7 Å². The van der Waals surface area contributed by atoms with E-state index in [-0.39, 0.29) is 17.0 Å². The molecule has 1 N–H and O–H groups in total. The highest BCUT2D eigenvalue weighted by molar-refractivity contribution is 7.13. The molecule has 3 aromatic rings. The van der Waals surface area contributed by atoms with E-state index in [1.165, 1.54) is 11.3 Å².